The molecule has 0 aliphatic rings. The van der Waals surface area contributed by atoms with Crippen LogP contribution in [0.15, 0.2) is 42.5 Å². The fourth-order valence-corrected chi connectivity index (χ4v) is 1.96. The first-order valence-corrected chi connectivity index (χ1v) is 6.64. The Labute approximate surface area is 138 Å². The highest BCUT2D eigenvalue weighted by Gasteiger charge is 2.31. The molecule has 0 unspecified atom stereocenters. The first-order valence-electron chi connectivity index (χ1n) is 6.26. The number of carbonyl (C=O) groups is 2. The van der Waals surface area contributed by atoms with Crippen molar-refractivity contribution in [1.82, 2.24) is 0 Å². The second kappa shape index (κ2) is 6.79. The molecular formula is C15H8ClF3O5. The predicted molar refractivity (Wildman–Crippen MR) is 76.6 cm³/mol. The second-order valence-electron chi connectivity index (χ2n) is 4.40. The van der Waals surface area contributed by atoms with Crippen molar-refractivity contribution in [2.75, 3.05) is 0 Å². The Hall–Kier alpha value is -2.74. The van der Waals surface area contributed by atoms with E-state index in [4.69, 9.17) is 21.4 Å². The third-order valence-corrected chi connectivity index (χ3v) is 2.99. The number of hydrogen-bond acceptors (Lipinski definition) is 4. The molecule has 126 valence electrons. The molecule has 2 aromatic carbocycles. The third-order valence-electron chi connectivity index (χ3n) is 2.67. The molecule has 0 atom stereocenters. The van der Waals surface area contributed by atoms with Crippen LogP contribution < -0.4 is 9.47 Å². The van der Waals surface area contributed by atoms with Gasteiger partial charge in [0.25, 0.3) is 5.78 Å². The van der Waals surface area contributed by atoms with E-state index in [9.17, 15) is 22.8 Å². The van der Waals surface area contributed by atoms with Gasteiger partial charge in [-0.3, -0.25) is 4.79 Å². The lowest BCUT2D eigenvalue weighted by Crippen LogP contribution is -2.16. The van der Waals surface area contributed by atoms with E-state index in [0.29, 0.717) is 0 Å². The number of carboxylic acid groups (broad SMARTS) is 1. The maximum absolute atomic E-state index is 12.1. The summed E-state index contributed by atoms with van der Waals surface area (Å²) in [7, 11) is 0. The lowest BCUT2D eigenvalue weighted by atomic mass is 10.1. The molecule has 1 N–H and O–H groups in total. The molecule has 0 aliphatic carbocycles. The third kappa shape index (κ3) is 4.63. The van der Waals surface area contributed by atoms with Gasteiger partial charge >= 0.3 is 12.3 Å². The lowest BCUT2D eigenvalue weighted by Gasteiger charge is -2.10. The number of alkyl halides is 3. The summed E-state index contributed by atoms with van der Waals surface area (Å²) in [5.41, 5.74) is -0.203. The molecule has 0 radical (unpaired) electrons. The zero-order valence-electron chi connectivity index (χ0n) is 11.6. The minimum atomic E-state index is -4.79. The highest BCUT2D eigenvalue weighted by molar-refractivity contribution is 6.45. The molecule has 0 amide bonds. The van der Waals surface area contributed by atoms with Crippen LogP contribution >= 0.6 is 11.6 Å². The largest absolute Gasteiger partial charge is 0.573 e. The highest BCUT2D eigenvalue weighted by atomic mass is 35.5. The molecule has 24 heavy (non-hydrogen) atoms. The molecule has 0 fully saturated rings. The van der Waals surface area contributed by atoms with Crippen LogP contribution in [0.4, 0.5) is 13.2 Å². The van der Waals surface area contributed by atoms with Gasteiger partial charge in [0.15, 0.2) is 0 Å². The molecule has 5 nitrogen and oxygen atoms in total. The average Bonchev–Trinajstić information content (AvgIpc) is 2.47. The van der Waals surface area contributed by atoms with Crippen molar-refractivity contribution in [1.29, 1.82) is 0 Å². The van der Waals surface area contributed by atoms with E-state index in [0.717, 1.165) is 12.1 Å². The number of carbonyl (C=O) groups excluding carboxylic acids is 1. The molecule has 0 bridgehead atoms. The SMILES string of the molecule is O=C(O)C(=O)c1ccc(Oc2ccc(OC(F)(F)F)cc2)cc1Cl. The molecule has 0 saturated carbocycles. The van der Waals surface area contributed by atoms with Crippen molar-refractivity contribution in [3.63, 3.8) is 0 Å². The summed E-state index contributed by atoms with van der Waals surface area (Å²) in [5.74, 6) is -2.86. The van der Waals surface area contributed by atoms with Crippen molar-refractivity contribution in [2.24, 2.45) is 0 Å². The number of hydrogen-bond donors (Lipinski definition) is 1. The number of benzene rings is 2. The summed E-state index contributed by atoms with van der Waals surface area (Å²) >= 11 is 5.82. The average molecular weight is 361 g/mol. The normalized spacial score (nSPS) is 11.0. The van der Waals surface area contributed by atoms with Gasteiger partial charge in [0, 0.05) is 11.6 Å². The maximum atomic E-state index is 12.1. The van der Waals surface area contributed by atoms with Gasteiger partial charge in [-0.1, -0.05) is 11.6 Å². The van der Waals surface area contributed by atoms with E-state index in [1.54, 1.807) is 0 Å². The number of ether oxygens (including phenoxy) is 2. The van der Waals surface area contributed by atoms with Crippen molar-refractivity contribution >= 4 is 23.4 Å². The van der Waals surface area contributed by atoms with E-state index >= 15 is 0 Å². The minimum Gasteiger partial charge on any atom is -0.475 e. The van der Waals surface area contributed by atoms with Gasteiger partial charge in [-0.25, -0.2) is 4.79 Å². The van der Waals surface area contributed by atoms with Crippen molar-refractivity contribution in [3.05, 3.63) is 53.1 Å². The summed E-state index contributed by atoms with van der Waals surface area (Å²) in [4.78, 5) is 22.0. The minimum absolute atomic E-state index is 0.128. The van der Waals surface area contributed by atoms with E-state index < -0.39 is 23.9 Å². The monoisotopic (exact) mass is 360 g/mol. The van der Waals surface area contributed by atoms with Gasteiger partial charge in [0.1, 0.15) is 17.2 Å². The predicted octanol–water partition coefficient (Wildman–Crippen LogP) is 4.30. The van der Waals surface area contributed by atoms with Crippen LogP contribution in [-0.2, 0) is 4.79 Å². The van der Waals surface area contributed by atoms with E-state index in [2.05, 4.69) is 4.74 Å². The molecule has 0 heterocycles. The first kappa shape index (κ1) is 17.6. The van der Waals surface area contributed by atoms with Crippen LogP contribution in [0, 0.1) is 0 Å². The Bertz CT molecular complexity index is 772. The van der Waals surface area contributed by atoms with Crippen molar-refractivity contribution < 1.29 is 37.3 Å². The highest BCUT2D eigenvalue weighted by Crippen LogP contribution is 2.29. The van der Waals surface area contributed by atoms with Gasteiger partial charge in [-0.15, -0.1) is 13.2 Å². The summed E-state index contributed by atoms with van der Waals surface area (Å²) in [6.45, 7) is 0. The second-order valence-corrected chi connectivity index (χ2v) is 4.80. The molecule has 0 aromatic heterocycles. The first-order chi connectivity index (χ1) is 11.2. The van der Waals surface area contributed by atoms with Gasteiger partial charge in [-0.2, -0.15) is 0 Å². The number of Topliss-reactive ketones (excluding diaryl/α,β-unsaturated/α-hetero) is 1. The molecule has 2 aromatic rings. The van der Waals surface area contributed by atoms with E-state index in [1.807, 2.05) is 0 Å². The summed E-state index contributed by atoms with van der Waals surface area (Å²) in [6.07, 6.45) is -4.79. The Morgan fingerprint density at radius 1 is 0.958 bits per heavy atom. The molecule has 0 aliphatic heterocycles. The van der Waals surface area contributed by atoms with Crippen LogP contribution in [0.5, 0.6) is 17.2 Å². The number of rotatable bonds is 5. The standard InChI is InChI=1S/C15H8ClF3O5/c16-12-7-10(5-6-11(12)13(20)14(21)22)23-8-1-3-9(4-2-8)24-15(17,18)19/h1-7H,(H,21,22). The number of halogens is 4. The van der Waals surface area contributed by atoms with Crippen molar-refractivity contribution in [3.8, 4) is 17.2 Å². The number of aliphatic carboxylic acids is 1. The van der Waals surface area contributed by atoms with E-state index in [-0.39, 0.29) is 22.1 Å². The van der Waals surface area contributed by atoms with E-state index in [1.165, 1.54) is 30.3 Å². The summed E-state index contributed by atoms with van der Waals surface area (Å²) < 4.78 is 45.2. The quantitative estimate of drug-likeness (QED) is 0.635. The van der Waals surface area contributed by atoms with Gasteiger partial charge in [0.05, 0.1) is 5.02 Å². The van der Waals surface area contributed by atoms with Gasteiger partial charge in [0.2, 0.25) is 0 Å². The zero-order chi connectivity index (χ0) is 17.9. The maximum Gasteiger partial charge on any atom is 0.573 e. The number of carboxylic acids is 1. The molecule has 2 rings (SSSR count). The molecule has 0 spiro atoms. The topological polar surface area (TPSA) is 72.8 Å². The summed E-state index contributed by atoms with van der Waals surface area (Å²) in [6, 6.07) is 8.31. The van der Waals surface area contributed by atoms with Gasteiger partial charge < -0.3 is 14.6 Å². The molecular weight excluding hydrogens is 353 g/mol. The fourth-order valence-electron chi connectivity index (χ4n) is 1.70. The van der Waals surface area contributed by atoms with Crippen LogP contribution in [-0.4, -0.2) is 23.2 Å². The fraction of sp³-hybridized carbons (Fsp3) is 0.0667. The smallest absolute Gasteiger partial charge is 0.475 e. The van der Waals surface area contributed by atoms with Crippen LogP contribution in [0.1, 0.15) is 10.4 Å². The Morgan fingerprint density at radius 3 is 2.00 bits per heavy atom. The summed E-state index contributed by atoms with van der Waals surface area (Å²) in [5, 5.41) is 8.51. The molecule has 0 saturated heterocycles. The van der Waals surface area contributed by atoms with Crippen LogP contribution in [0.2, 0.25) is 5.02 Å². The van der Waals surface area contributed by atoms with Gasteiger partial charge in [-0.05, 0) is 36.4 Å². The molecule has 9 heteroatoms. The van der Waals surface area contributed by atoms with Crippen molar-refractivity contribution in [2.45, 2.75) is 6.36 Å². The Kier molecular flexibility index (Phi) is 4.99. The Balaban J connectivity index is 2.13. The van der Waals surface area contributed by atoms with Crippen LogP contribution in [0.3, 0.4) is 0 Å². The number of ketones is 1. The Morgan fingerprint density at radius 2 is 1.50 bits per heavy atom. The lowest BCUT2D eigenvalue weighted by molar-refractivity contribution is -0.274. The zero-order valence-corrected chi connectivity index (χ0v) is 12.4. The van der Waals surface area contributed by atoms with Crippen LogP contribution in [0.25, 0.3) is 0 Å².